The van der Waals surface area contributed by atoms with Crippen LogP contribution < -0.4 is 4.74 Å². The Hall–Kier alpha value is -3.12. The molecule has 0 saturated carbocycles. The fraction of sp³-hybridized carbons (Fsp3) is 0.136. The van der Waals surface area contributed by atoms with Crippen LogP contribution in [0.2, 0.25) is 0 Å². The zero-order valence-corrected chi connectivity index (χ0v) is 14.0. The number of halogens is 1. The molecule has 2 nitrogen and oxygen atoms in total. The van der Waals surface area contributed by atoms with Crippen molar-refractivity contribution in [1.29, 1.82) is 5.26 Å². The summed E-state index contributed by atoms with van der Waals surface area (Å²) in [5.74, 6) is 0.524. The van der Waals surface area contributed by atoms with Gasteiger partial charge in [-0.25, -0.2) is 4.39 Å². The fourth-order valence-corrected chi connectivity index (χ4v) is 2.72. The predicted molar refractivity (Wildman–Crippen MR) is 97.8 cm³/mol. The van der Waals surface area contributed by atoms with Crippen LogP contribution in [0.4, 0.5) is 4.39 Å². The minimum atomic E-state index is -0.284. The largest absolute Gasteiger partial charge is 0.494 e. The maximum Gasteiger partial charge on any atom is 0.131 e. The highest BCUT2D eigenvalue weighted by Crippen LogP contribution is 2.35. The van der Waals surface area contributed by atoms with E-state index in [4.69, 9.17) is 10.00 Å². The van der Waals surface area contributed by atoms with Gasteiger partial charge in [0.15, 0.2) is 0 Å². The van der Waals surface area contributed by atoms with Gasteiger partial charge in [-0.05, 0) is 53.4 Å². The smallest absolute Gasteiger partial charge is 0.131 e. The van der Waals surface area contributed by atoms with Crippen molar-refractivity contribution in [3.63, 3.8) is 0 Å². The first-order valence-corrected chi connectivity index (χ1v) is 8.25. The Morgan fingerprint density at radius 2 is 1.60 bits per heavy atom. The molecule has 0 aliphatic rings. The highest BCUT2D eigenvalue weighted by atomic mass is 19.1. The first-order valence-electron chi connectivity index (χ1n) is 8.25. The Morgan fingerprint density at radius 3 is 2.24 bits per heavy atom. The molecule has 0 saturated heterocycles. The predicted octanol–water partition coefficient (Wildman–Crippen LogP) is 5.82. The summed E-state index contributed by atoms with van der Waals surface area (Å²) < 4.78 is 20.2. The average Bonchev–Trinajstić information content (AvgIpc) is 2.67. The number of nitrogens with zero attached hydrogens (tertiary/aromatic N) is 1. The van der Waals surface area contributed by atoms with Gasteiger partial charge in [-0.3, -0.25) is 0 Å². The second-order valence-corrected chi connectivity index (χ2v) is 5.72. The molecule has 0 N–H and O–H groups in total. The molecule has 0 spiro atoms. The van der Waals surface area contributed by atoms with Gasteiger partial charge < -0.3 is 4.74 Å². The van der Waals surface area contributed by atoms with E-state index >= 15 is 0 Å². The van der Waals surface area contributed by atoms with Crippen LogP contribution in [-0.2, 0) is 0 Å². The number of nitriles is 1. The van der Waals surface area contributed by atoms with E-state index in [-0.39, 0.29) is 5.82 Å². The maximum atomic E-state index is 14.6. The fourth-order valence-electron chi connectivity index (χ4n) is 2.72. The van der Waals surface area contributed by atoms with Gasteiger partial charge in [-0.2, -0.15) is 5.26 Å². The first kappa shape index (κ1) is 16.7. The van der Waals surface area contributed by atoms with Gasteiger partial charge in [0.25, 0.3) is 0 Å². The van der Waals surface area contributed by atoms with Crippen molar-refractivity contribution in [1.82, 2.24) is 0 Å². The lowest BCUT2D eigenvalue weighted by atomic mass is 9.93. The number of rotatable bonds is 5. The Balaban J connectivity index is 2.02. The van der Waals surface area contributed by atoms with Crippen molar-refractivity contribution in [3.8, 4) is 34.1 Å². The van der Waals surface area contributed by atoms with Crippen molar-refractivity contribution < 1.29 is 9.13 Å². The third kappa shape index (κ3) is 3.70. The second-order valence-electron chi connectivity index (χ2n) is 5.72. The van der Waals surface area contributed by atoms with E-state index in [0.717, 1.165) is 28.9 Å². The SMILES string of the molecule is CCCOc1ccc(-c2cccc(F)c2-c2ccc(C#N)cc2)cc1. The summed E-state index contributed by atoms with van der Waals surface area (Å²) in [5, 5.41) is 8.94. The lowest BCUT2D eigenvalue weighted by molar-refractivity contribution is 0.317. The van der Waals surface area contributed by atoms with Gasteiger partial charge in [0, 0.05) is 5.56 Å². The first-order chi connectivity index (χ1) is 12.2. The minimum Gasteiger partial charge on any atom is -0.494 e. The molecular formula is C22H18FNO. The van der Waals surface area contributed by atoms with E-state index in [1.165, 1.54) is 6.07 Å². The molecule has 0 fully saturated rings. The van der Waals surface area contributed by atoms with Crippen molar-refractivity contribution in [2.45, 2.75) is 13.3 Å². The normalized spacial score (nSPS) is 10.3. The molecule has 0 unspecified atom stereocenters. The van der Waals surface area contributed by atoms with Crippen molar-refractivity contribution in [2.75, 3.05) is 6.61 Å². The summed E-state index contributed by atoms with van der Waals surface area (Å²) in [6.45, 7) is 2.74. The summed E-state index contributed by atoms with van der Waals surface area (Å²) in [6, 6.07) is 21.8. The molecule has 3 aromatic carbocycles. The Bertz CT molecular complexity index is 893. The van der Waals surface area contributed by atoms with Crippen LogP contribution in [0, 0.1) is 17.1 Å². The van der Waals surface area contributed by atoms with Gasteiger partial charge >= 0.3 is 0 Å². The Labute approximate surface area is 147 Å². The zero-order valence-electron chi connectivity index (χ0n) is 14.0. The molecule has 0 aliphatic carbocycles. The Morgan fingerprint density at radius 1 is 0.920 bits per heavy atom. The summed E-state index contributed by atoms with van der Waals surface area (Å²) in [7, 11) is 0. The van der Waals surface area contributed by atoms with Crippen LogP contribution in [0.25, 0.3) is 22.3 Å². The van der Waals surface area contributed by atoms with Gasteiger partial charge in [0.2, 0.25) is 0 Å². The molecule has 0 aliphatic heterocycles. The quantitative estimate of drug-likeness (QED) is 0.590. The minimum absolute atomic E-state index is 0.284. The third-order valence-electron chi connectivity index (χ3n) is 3.95. The molecule has 3 rings (SSSR count). The Kier molecular flexibility index (Phi) is 5.11. The summed E-state index contributed by atoms with van der Waals surface area (Å²) in [6.07, 6.45) is 0.953. The molecule has 3 aromatic rings. The highest BCUT2D eigenvalue weighted by molar-refractivity contribution is 5.84. The van der Waals surface area contributed by atoms with E-state index in [1.807, 2.05) is 30.3 Å². The lowest BCUT2D eigenvalue weighted by Gasteiger charge is -2.12. The van der Waals surface area contributed by atoms with Crippen LogP contribution in [0.3, 0.4) is 0 Å². The molecule has 0 aromatic heterocycles. The topological polar surface area (TPSA) is 33.0 Å². The molecular weight excluding hydrogens is 313 g/mol. The number of hydrogen-bond acceptors (Lipinski definition) is 2. The monoisotopic (exact) mass is 331 g/mol. The maximum absolute atomic E-state index is 14.6. The van der Waals surface area contributed by atoms with E-state index in [9.17, 15) is 4.39 Å². The lowest BCUT2D eigenvalue weighted by Crippen LogP contribution is -1.95. The molecule has 0 bridgehead atoms. The van der Waals surface area contributed by atoms with Crippen molar-refractivity contribution in [3.05, 3.63) is 78.1 Å². The number of ether oxygens (including phenoxy) is 1. The molecule has 25 heavy (non-hydrogen) atoms. The van der Waals surface area contributed by atoms with Gasteiger partial charge in [0.1, 0.15) is 11.6 Å². The van der Waals surface area contributed by atoms with E-state index < -0.39 is 0 Å². The molecule has 0 radical (unpaired) electrons. The summed E-state index contributed by atoms with van der Waals surface area (Å²) >= 11 is 0. The van der Waals surface area contributed by atoms with Gasteiger partial charge in [0.05, 0.1) is 18.2 Å². The number of hydrogen-bond donors (Lipinski definition) is 0. The zero-order chi connectivity index (χ0) is 17.6. The van der Waals surface area contributed by atoms with E-state index in [1.54, 1.807) is 30.3 Å². The highest BCUT2D eigenvalue weighted by Gasteiger charge is 2.12. The van der Waals surface area contributed by atoms with Crippen molar-refractivity contribution in [2.24, 2.45) is 0 Å². The van der Waals surface area contributed by atoms with Crippen molar-refractivity contribution >= 4 is 0 Å². The van der Waals surface area contributed by atoms with Crippen LogP contribution in [0.1, 0.15) is 18.9 Å². The molecule has 0 amide bonds. The molecule has 3 heteroatoms. The van der Waals surface area contributed by atoms with E-state index in [0.29, 0.717) is 17.7 Å². The van der Waals surface area contributed by atoms with Crippen LogP contribution in [0.5, 0.6) is 5.75 Å². The summed E-state index contributed by atoms with van der Waals surface area (Å²) in [4.78, 5) is 0. The molecule has 0 atom stereocenters. The standard InChI is InChI=1S/C22H18FNO/c1-2-14-25-19-12-10-17(11-13-19)20-4-3-5-21(23)22(20)18-8-6-16(15-24)7-9-18/h3-13H,2,14H2,1H3. The average molecular weight is 331 g/mol. The van der Waals surface area contributed by atoms with Crippen LogP contribution in [0.15, 0.2) is 66.7 Å². The third-order valence-corrected chi connectivity index (χ3v) is 3.95. The number of benzene rings is 3. The molecule has 124 valence electrons. The van der Waals surface area contributed by atoms with Crippen LogP contribution >= 0.6 is 0 Å². The summed E-state index contributed by atoms with van der Waals surface area (Å²) in [5.41, 5.74) is 3.57. The second kappa shape index (κ2) is 7.63. The van der Waals surface area contributed by atoms with Crippen LogP contribution in [-0.4, -0.2) is 6.61 Å². The molecule has 0 heterocycles. The van der Waals surface area contributed by atoms with E-state index in [2.05, 4.69) is 13.0 Å². The van der Waals surface area contributed by atoms with Gasteiger partial charge in [-0.15, -0.1) is 0 Å². The van der Waals surface area contributed by atoms with Gasteiger partial charge in [-0.1, -0.05) is 43.3 Å².